The summed E-state index contributed by atoms with van der Waals surface area (Å²) in [6.45, 7) is 11.7. The van der Waals surface area contributed by atoms with Gasteiger partial charge in [-0.15, -0.1) is 0 Å². The predicted octanol–water partition coefficient (Wildman–Crippen LogP) is 13.7. The first-order valence-corrected chi connectivity index (χ1v) is 29.4. The Balaban J connectivity index is 0.000000133. The lowest BCUT2D eigenvalue weighted by Gasteiger charge is -2.30. The van der Waals surface area contributed by atoms with Crippen LogP contribution in [0, 0.1) is 0 Å². The van der Waals surface area contributed by atoms with E-state index >= 15 is 0 Å². The molecule has 0 bridgehead atoms. The van der Waals surface area contributed by atoms with E-state index in [1.54, 1.807) is 51.1 Å². The highest BCUT2D eigenvalue weighted by Gasteiger charge is 2.42. The monoisotopic (exact) mass is 1180 g/mol. The summed E-state index contributed by atoms with van der Waals surface area (Å²) in [6, 6.07) is 45.0. The first kappa shape index (κ1) is 58.1. The van der Waals surface area contributed by atoms with Crippen LogP contribution >= 0.6 is 23.2 Å². The molecule has 4 atom stereocenters. The van der Waals surface area contributed by atoms with E-state index < -0.39 is 6.04 Å². The quantitative estimate of drug-likeness (QED) is 0.0852. The molecular formula is C70H63Cl2N3O10. The highest BCUT2D eigenvalue weighted by molar-refractivity contribution is 6.42. The van der Waals surface area contributed by atoms with E-state index in [4.69, 9.17) is 37.4 Å². The number of Topliss-reactive ketones (excluding diaryl/α,β-unsaturated/α-hetero) is 4. The zero-order valence-electron chi connectivity index (χ0n) is 47.2. The molecule has 7 aromatic carbocycles. The lowest BCUT2D eigenvalue weighted by molar-refractivity contribution is -0.133. The van der Waals surface area contributed by atoms with E-state index in [1.165, 1.54) is 10.8 Å². The van der Waals surface area contributed by atoms with Gasteiger partial charge in [-0.05, 0) is 121 Å². The molecule has 3 heterocycles. The van der Waals surface area contributed by atoms with Crippen LogP contribution in [0.5, 0.6) is 17.2 Å². The highest BCUT2D eigenvalue weighted by Crippen LogP contribution is 2.40. The number of hydrogen-bond donors (Lipinski definition) is 0. The second-order valence-corrected chi connectivity index (χ2v) is 23.3. The molecular weight excluding hydrogens is 1110 g/mol. The standard InChI is InChI=1S/C27H25NO3.C22H19Cl2NO3.C21H19NO4/c1-17-10-13-24(25(29)14-17)28-16-23-22(27(28)30)8-5-9-26(23)31-18(2)20-12-11-19-6-3-4-7-21(19)15-20;1-13-5-8-19(20(26)9-13)25-11-16-15(22(25)27)3-2-4-21(16)28-12-14-6-7-17(23)18(24)10-14;23-15-9-10-18(19(24)11-15)22-12-17-16(21(22)25)7-4-8-20(17)26-13-14-5-2-1-3-6-14/h3-9,11-12,15,18,24H,1,10,13-14,16H2,2H3;2-4,6-7,10,19H,1,5,8-9,11-12H2;1-8,18H,9-13H2. The summed E-state index contributed by atoms with van der Waals surface area (Å²) in [4.78, 5) is 92.4. The highest BCUT2D eigenvalue weighted by atomic mass is 35.5. The molecule has 3 fully saturated rings. The molecule has 3 amide bonds. The number of halogens is 2. The van der Waals surface area contributed by atoms with Gasteiger partial charge in [-0.3, -0.25) is 33.6 Å². The predicted molar refractivity (Wildman–Crippen MR) is 325 cm³/mol. The number of carbonyl (C=O) groups excluding carboxylic acids is 7. The molecule has 13 rings (SSSR count). The van der Waals surface area contributed by atoms with Gasteiger partial charge in [0.25, 0.3) is 17.7 Å². The van der Waals surface area contributed by atoms with Crippen molar-refractivity contribution in [2.75, 3.05) is 0 Å². The van der Waals surface area contributed by atoms with E-state index in [2.05, 4.69) is 43.5 Å². The topological polar surface area (TPSA) is 157 Å². The molecule has 0 saturated heterocycles. The molecule has 432 valence electrons. The Bertz CT molecular complexity index is 3860. The van der Waals surface area contributed by atoms with Gasteiger partial charge in [0.05, 0.1) is 54.2 Å². The van der Waals surface area contributed by atoms with E-state index in [1.807, 2.05) is 85.8 Å². The van der Waals surface area contributed by atoms with Gasteiger partial charge < -0.3 is 28.9 Å². The minimum atomic E-state index is -0.505. The zero-order chi connectivity index (χ0) is 59.5. The van der Waals surface area contributed by atoms with Crippen LogP contribution in [-0.2, 0) is 52.0 Å². The third kappa shape index (κ3) is 12.6. The second-order valence-electron chi connectivity index (χ2n) is 22.5. The molecule has 7 aromatic rings. The summed E-state index contributed by atoms with van der Waals surface area (Å²) < 4.78 is 18.3. The molecule has 3 aliphatic heterocycles. The Labute approximate surface area is 503 Å². The van der Waals surface area contributed by atoms with Crippen LogP contribution in [0.2, 0.25) is 10.0 Å². The number of amides is 3. The molecule has 3 saturated carbocycles. The Kier molecular flexibility index (Phi) is 17.3. The van der Waals surface area contributed by atoms with E-state index in [-0.39, 0.29) is 65.5 Å². The van der Waals surface area contributed by atoms with Gasteiger partial charge >= 0.3 is 0 Å². The number of nitrogens with zero attached hydrogens (tertiary/aromatic N) is 3. The van der Waals surface area contributed by atoms with E-state index in [0.29, 0.717) is 115 Å². The Hall–Kier alpha value is -8.65. The number of fused-ring (bicyclic) bond motifs is 4. The second kappa shape index (κ2) is 25.3. The summed E-state index contributed by atoms with van der Waals surface area (Å²) in [6.07, 6.45) is 4.11. The molecule has 3 aliphatic carbocycles. The van der Waals surface area contributed by atoms with Gasteiger partial charge in [0.1, 0.15) is 42.3 Å². The molecule has 0 N–H and O–H groups in total. The van der Waals surface area contributed by atoms with Gasteiger partial charge in [0.2, 0.25) is 0 Å². The van der Waals surface area contributed by atoms with Crippen LogP contribution < -0.4 is 14.2 Å². The number of benzene rings is 7. The molecule has 0 spiro atoms. The Morgan fingerprint density at radius 3 is 1.46 bits per heavy atom. The van der Waals surface area contributed by atoms with Gasteiger partial charge in [-0.25, -0.2) is 0 Å². The molecule has 15 heteroatoms. The number of ether oxygens (including phenoxy) is 3. The van der Waals surface area contributed by atoms with Gasteiger partial charge in [-0.2, -0.15) is 0 Å². The molecule has 0 aromatic heterocycles. The largest absolute Gasteiger partial charge is 0.489 e. The smallest absolute Gasteiger partial charge is 0.255 e. The minimum Gasteiger partial charge on any atom is -0.489 e. The lowest BCUT2D eigenvalue weighted by atomic mass is 9.89. The normalized spacial score (nSPS) is 19.4. The summed E-state index contributed by atoms with van der Waals surface area (Å²) in [5, 5.41) is 3.33. The Morgan fingerprint density at radius 1 is 0.471 bits per heavy atom. The SMILES string of the molecule is C=C1CCC(N2Cc3c(OC(C)c4ccc5ccccc5c4)cccc3C2=O)C(=O)C1.C=C1CCC(N2Cc3c(OCc4ccc(Cl)c(Cl)c4)cccc3C2=O)C(=O)C1.O=C1CCC(N2Cc3c(OCc4ccccc4)cccc3C2=O)C(=O)C1. The third-order valence-corrected chi connectivity index (χ3v) is 17.5. The first-order chi connectivity index (χ1) is 41.1. The minimum absolute atomic E-state index is 0.0395. The fourth-order valence-electron chi connectivity index (χ4n) is 12.1. The van der Waals surface area contributed by atoms with Crippen molar-refractivity contribution in [1.82, 2.24) is 14.7 Å². The van der Waals surface area contributed by atoms with Crippen molar-refractivity contribution in [1.29, 1.82) is 0 Å². The van der Waals surface area contributed by atoms with Crippen LogP contribution in [0.4, 0.5) is 0 Å². The Morgan fingerprint density at radius 2 is 0.941 bits per heavy atom. The zero-order valence-corrected chi connectivity index (χ0v) is 48.7. The van der Waals surface area contributed by atoms with Crippen molar-refractivity contribution in [3.05, 3.63) is 230 Å². The van der Waals surface area contributed by atoms with Crippen molar-refractivity contribution in [3.63, 3.8) is 0 Å². The van der Waals surface area contributed by atoms with Crippen molar-refractivity contribution in [3.8, 4) is 17.2 Å². The summed E-state index contributed by atoms with van der Waals surface area (Å²) in [5.74, 6) is 1.63. The average molecular weight is 1180 g/mol. The number of ketones is 4. The number of hydrogen-bond acceptors (Lipinski definition) is 10. The number of carbonyl (C=O) groups is 7. The van der Waals surface area contributed by atoms with Crippen LogP contribution in [0.25, 0.3) is 10.8 Å². The van der Waals surface area contributed by atoms with Gasteiger partial charge in [0.15, 0.2) is 17.3 Å². The van der Waals surface area contributed by atoms with Gasteiger partial charge in [-0.1, -0.05) is 139 Å². The first-order valence-electron chi connectivity index (χ1n) is 28.7. The summed E-state index contributed by atoms with van der Waals surface area (Å²) in [5.41, 5.74) is 9.25. The maximum absolute atomic E-state index is 13.1. The summed E-state index contributed by atoms with van der Waals surface area (Å²) >= 11 is 12.0. The fraction of sp³-hybridized carbons (Fsp3) is 0.271. The molecule has 0 radical (unpaired) electrons. The van der Waals surface area contributed by atoms with Crippen LogP contribution in [0.15, 0.2) is 170 Å². The third-order valence-electron chi connectivity index (χ3n) is 16.7. The number of rotatable bonds is 12. The fourth-order valence-corrected chi connectivity index (χ4v) is 12.4. The summed E-state index contributed by atoms with van der Waals surface area (Å²) in [7, 11) is 0. The average Bonchev–Trinajstić information content (AvgIpc) is 2.27. The van der Waals surface area contributed by atoms with Crippen molar-refractivity contribution >= 4 is 74.8 Å². The molecule has 6 aliphatic rings. The van der Waals surface area contributed by atoms with Gasteiger partial charge in [0, 0.05) is 52.6 Å². The maximum atomic E-state index is 13.1. The van der Waals surface area contributed by atoms with Crippen LogP contribution in [0.3, 0.4) is 0 Å². The van der Waals surface area contributed by atoms with Crippen molar-refractivity contribution in [2.24, 2.45) is 0 Å². The van der Waals surface area contributed by atoms with Crippen molar-refractivity contribution < 1.29 is 47.8 Å². The van der Waals surface area contributed by atoms with Crippen LogP contribution in [0.1, 0.15) is 135 Å². The van der Waals surface area contributed by atoms with E-state index in [9.17, 15) is 33.6 Å². The van der Waals surface area contributed by atoms with E-state index in [0.717, 1.165) is 57.4 Å². The maximum Gasteiger partial charge on any atom is 0.255 e. The molecule has 85 heavy (non-hydrogen) atoms. The van der Waals surface area contributed by atoms with Crippen molar-refractivity contribution in [2.45, 2.75) is 122 Å². The lowest BCUT2D eigenvalue weighted by Crippen LogP contribution is -2.44. The van der Waals surface area contributed by atoms with Crippen LogP contribution in [-0.4, -0.2) is 73.7 Å². The molecule has 13 nitrogen and oxygen atoms in total. The molecule has 4 unspecified atom stereocenters. The number of allylic oxidation sites excluding steroid dienone is 2.